The molecule has 1 aliphatic rings. The number of rotatable bonds is 4. The van der Waals surface area contributed by atoms with Crippen molar-refractivity contribution in [1.82, 2.24) is 14.9 Å². The quantitative estimate of drug-likeness (QED) is 0.482. The van der Waals surface area contributed by atoms with Gasteiger partial charge in [-0.05, 0) is 78.1 Å². The maximum absolute atomic E-state index is 10.1. The summed E-state index contributed by atoms with van der Waals surface area (Å²) in [6.07, 6.45) is 1.87. The number of aryl methyl sites for hydroxylation is 2. The molecule has 6 heteroatoms. The standard InChI is InChI=1S/C28H27N5O/c1-19-13-24(14-20(2)28(19)34)23-7-8-25-26(15-23)31-27(17-30-25)33-11-9-32(10-12-33)18-22-5-3-21(16-29)4-6-22/h3-8,13-15,17,34H,9-12,18H2,1-2H3. The smallest absolute Gasteiger partial charge is 0.147 e. The molecule has 0 bridgehead atoms. The van der Waals surface area contributed by atoms with Gasteiger partial charge in [-0.15, -0.1) is 0 Å². The number of nitriles is 1. The first-order chi connectivity index (χ1) is 16.5. The number of aromatic nitrogens is 2. The molecule has 0 unspecified atom stereocenters. The molecule has 34 heavy (non-hydrogen) atoms. The highest BCUT2D eigenvalue weighted by atomic mass is 16.3. The van der Waals surface area contributed by atoms with Gasteiger partial charge in [0.25, 0.3) is 0 Å². The Bertz CT molecular complexity index is 1360. The van der Waals surface area contributed by atoms with E-state index in [0.717, 1.165) is 71.8 Å². The van der Waals surface area contributed by atoms with Crippen LogP contribution in [0.4, 0.5) is 5.82 Å². The van der Waals surface area contributed by atoms with Crippen molar-refractivity contribution in [2.45, 2.75) is 20.4 Å². The fourth-order valence-corrected chi connectivity index (χ4v) is 4.53. The normalized spacial score (nSPS) is 14.3. The van der Waals surface area contributed by atoms with Crippen LogP contribution < -0.4 is 4.90 Å². The highest BCUT2D eigenvalue weighted by Gasteiger charge is 2.19. The Morgan fingerprint density at radius 1 is 0.882 bits per heavy atom. The first-order valence-corrected chi connectivity index (χ1v) is 11.5. The van der Waals surface area contributed by atoms with Crippen LogP contribution in [0.15, 0.2) is 60.8 Å². The van der Waals surface area contributed by atoms with Crippen molar-refractivity contribution < 1.29 is 5.11 Å². The van der Waals surface area contributed by atoms with E-state index in [1.54, 1.807) is 0 Å². The number of hydrogen-bond donors (Lipinski definition) is 1. The molecular formula is C28H27N5O. The number of aromatic hydroxyl groups is 1. The molecule has 0 spiro atoms. The Morgan fingerprint density at radius 3 is 2.26 bits per heavy atom. The van der Waals surface area contributed by atoms with Crippen molar-refractivity contribution in [1.29, 1.82) is 5.26 Å². The Kier molecular flexibility index (Phi) is 5.87. The molecule has 1 aliphatic heterocycles. The summed E-state index contributed by atoms with van der Waals surface area (Å²) in [5.41, 5.74) is 7.54. The molecule has 0 saturated carbocycles. The molecule has 0 aliphatic carbocycles. The number of fused-ring (bicyclic) bond motifs is 1. The van der Waals surface area contributed by atoms with Gasteiger partial charge in [-0.1, -0.05) is 18.2 Å². The number of nitrogens with zero attached hydrogens (tertiary/aromatic N) is 5. The van der Waals surface area contributed by atoms with Crippen molar-refractivity contribution in [3.63, 3.8) is 0 Å². The van der Waals surface area contributed by atoms with Crippen molar-refractivity contribution in [2.75, 3.05) is 31.1 Å². The van der Waals surface area contributed by atoms with Gasteiger partial charge in [-0.3, -0.25) is 9.88 Å². The SMILES string of the molecule is Cc1cc(-c2ccc3ncc(N4CCN(Cc5ccc(C#N)cc5)CC4)nc3c2)cc(C)c1O. The van der Waals surface area contributed by atoms with E-state index in [-0.39, 0.29) is 0 Å². The molecule has 6 nitrogen and oxygen atoms in total. The van der Waals surface area contributed by atoms with Gasteiger partial charge in [-0.2, -0.15) is 5.26 Å². The van der Waals surface area contributed by atoms with Gasteiger partial charge in [0.15, 0.2) is 0 Å². The van der Waals surface area contributed by atoms with Crippen molar-refractivity contribution in [3.8, 4) is 22.9 Å². The Morgan fingerprint density at radius 2 is 1.59 bits per heavy atom. The molecule has 2 heterocycles. The summed E-state index contributed by atoms with van der Waals surface area (Å²) in [7, 11) is 0. The van der Waals surface area contributed by atoms with Crippen molar-refractivity contribution >= 4 is 16.9 Å². The van der Waals surface area contributed by atoms with Gasteiger partial charge in [0.1, 0.15) is 11.6 Å². The lowest BCUT2D eigenvalue weighted by atomic mass is 9.99. The van der Waals surface area contributed by atoms with E-state index in [9.17, 15) is 5.11 Å². The number of piperazine rings is 1. The minimum atomic E-state index is 0.352. The number of anilines is 1. The predicted octanol–water partition coefficient (Wildman–Crippen LogP) is 4.81. The molecule has 1 saturated heterocycles. The first-order valence-electron chi connectivity index (χ1n) is 11.5. The summed E-state index contributed by atoms with van der Waals surface area (Å²) in [6, 6.07) is 20.2. The molecule has 0 atom stereocenters. The summed E-state index contributed by atoms with van der Waals surface area (Å²) >= 11 is 0. The fraction of sp³-hybridized carbons (Fsp3) is 0.250. The number of benzene rings is 3. The molecule has 1 aromatic heterocycles. The summed E-state index contributed by atoms with van der Waals surface area (Å²) in [5, 5.41) is 19.1. The minimum Gasteiger partial charge on any atom is -0.507 e. The maximum atomic E-state index is 10.1. The average Bonchev–Trinajstić information content (AvgIpc) is 2.87. The third kappa shape index (κ3) is 4.43. The molecule has 170 valence electrons. The van der Waals surface area contributed by atoms with Gasteiger partial charge in [0.2, 0.25) is 0 Å². The van der Waals surface area contributed by atoms with Crippen LogP contribution in [0.2, 0.25) is 0 Å². The van der Waals surface area contributed by atoms with Gasteiger partial charge in [0.05, 0.1) is 28.9 Å². The molecule has 0 radical (unpaired) electrons. The van der Waals surface area contributed by atoms with E-state index >= 15 is 0 Å². The molecule has 3 aromatic carbocycles. The van der Waals surface area contributed by atoms with Crippen LogP contribution in [0, 0.1) is 25.2 Å². The lowest BCUT2D eigenvalue weighted by Crippen LogP contribution is -2.46. The highest BCUT2D eigenvalue weighted by molar-refractivity contribution is 5.82. The third-order valence-electron chi connectivity index (χ3n) is 6.54. The summed E-state index contributed by atoms with van der Waals surface area (Å²) in [4.78, 5) is 14.3. The van der Waals surface area contributed by atoms with Crippen molar-refractivity contribution in [3.05, 3.63) is 83.0 Å². The van der Waals surface area contributed by atoms with Gasteiger partial charge < -0.3 is 10.0 Å². The third-order valence-corrected chi connectivity index (χ3v) is 6.54. The lowest BCUT2D eigenvalue weighted by molar-refractivity contribution is 0.249. The van der Waals surface area contributed by atoms with Crippen LogP contribution in [0.25, 0.3) is 22.2 Å². The molecule has 1 fully saturated rings. The highest BCUT2D eigenvalue weighted by Crippen LogP contribution is 2.30. The van der Waals surface area contributed by atoms with Crippen LogP contribution in [-0.4, -0.2) is 46.2 Å². The van der Waals surface area contributed by atoms with Crippen LogP contribution >= 0.6 is 0 Å². The molecule has 4 aromatic rings. The number of phenols is 1. The Labute approximate surface area is 199 Å². The first kappa shape index (κ1) is 21.9. The topological polar surface area (TPSA) is 76.3 Å². The van der Waals surface area contributed by atoms with Gasteiger partial charge in [0, 0.05) is 32.7 Å². The summed E-state index contributed by atoms with van der Waals surface area (Å²) < 4.78 is 0. The van der Waals surface area contributed by atoms with E-state index in [1.807, 2.05) is 62.5 Å². The van der Waals surface area contributed by atoms with Gasteiger partial charge >= 0.3 is 0 Å². The zero-order valence-corrected chi connectivity index (χ0v) is 19.5. The zero-order chi connectivity index (χ0) is 23.7. The van der Waals surface area contributed by atoms with E-state index < -0.39 is 0 Å². The van der Waals surface area contributed by atoms with Crippen molar-refractivity contribution in [2.24, 2.45) is 0 Å². The second-order valence-corrected chi connectivity index (χ2v) is 8.96. The number of hydrogen-bond acceptors (Lipinski definition) is 6. The lowest BCUT2D eigenvalue weighted by Gasteiger charge is -2.35. The fourth-order valence-electron chi connectivity index (χ4n) is 4.53. The zero-order valence-electron chi connectivity index (χ0n) is 19.5. The molecule has 0 amide bonds. The largest absolute Gasteiger partial charge is 0.507 e. The van der Waals surface area contributed by atoms with Crippen LogP contribution in [0.1, 0.15) is 22.3 Å². The van der Waals surface area contributed by atoms with Crippen LogP contribution in [0.5, 0.6) is 5.75 Å². The molecule has 5 rings (SSSR count). The van der Waals surface area contributed by atoms with Gasteiger partial charge in [-0.25, -0.2) is 4.98 Å². The Hall–Kier alpha value is -3.95. The van der Waals surface area contributed by atoms with E-state index in [0.29, 0.717) is 11.3 Å². The van der Waals surface area contributed by atoms with E-state index in [1.165, 1.54) is 5.56 Å². The molecular weight excluding hydrogens is 422 g/mol. The molecule has 1 N–H and O–H groups in total. The monoisotopic (exact) mass is 449 g/mol. The predicted molar refractivity (Wildman–Crippen MR) is 135 cm³/mol. The maximum Gasteiger partial charge on any atom is 0.147 e. The minimum absolute atomic E-state index is 0.352. The average molecular weight is 450 g/mol. The van der Waals surface area contributed by atoms with Crippen LogP contribution in [-0.2, 0) is 6.54 Å². The Balaban J connectivity index is 1.31. The number of phenolic OH excluding ortho intramolecular Hbond substituents is 1. The summed E-state index contributed by atoms with van der Waals surface area (Å²) in [5.74, 6) is 1.26. The summed E-state index contributed by atoms with van der Waals surface area (Å²) in [6.45, 7) is 8.42. The van der Waals surface area contributed by atoms with E-state index in [2.05, 4.69) is 33.0 Å². The van der Waals surface area contributed by atoms with Crippen LogP contribution in [0.3, 0.4) is 0 Å². The second kappa shape index (κ2) is 9.12. The second-order valence-electron chi connectivity index (χ2n) is 8.96. The van der Waals surface area contributed by atoms with E-state index in [4.69, 9.17) is 10.2 Å².